The molecule has 1 aromatic heterocycles. The van der Waals surface area contributed by atoms with Gasteiger partial charge in [0.05, 0.1) is 12.7 Å². The molecule has 2 atom stereocenters. The lowest BCUT2D eigenvalue weighted by molar-refractivity contribution is 0.0911. The highest BCUT2D eigenvalue weighted by atomic mass is 16.5. The predicted molar refractivity (Wildman–Crippen MR) is 57.6 cm³/mol. The molecular weight excluding hydrogens is 190 g/mol. The van der Waals surface area contributed by atoms with E-state index in [1.54, 1.807) is 0 Å². The SMILES string of the molecule is Cc1ccc(CC(O)C2CCOC2)nc1. The van der Waals surface area contributed by atoms with E-state index in [1.807, 2.05) is 25.3 Å². The minimum absolute atomic E-state index is 0.285. The zero-order valence-corrected chi connectivity index (χ0v) is 9.02. The van der Waals surface area contributed by atoms with Crippen LogP contribution in [0.15, 0.2) is 18.3 Å². The molecule has 82 valence electrons. The Balaban J connectivity index is 1.92. The molecule has 2 rings (SSSR count). The molecule has 0 aliphatic carbocycles. The van der Waals surface area contributed by atoms with Crippen LogP contribution in [0.5, 0.6) is 0 Å². The molecule has 1 saturated heterocycles. The van der Waals surface area contributed by atoms with Crippen LogP contribution < -0.4 is 0 Å². The number of ether oxygens (including phenoxy) is 1. The van der Waals surface area contributed by atoms with E-state index in [0.29, 0.717) is 13.0 Å². The molecule has 0 radical (unpaired) electrons. The third-order valence-corrected chi connectivity index (χ3v) is 2.90. The van der Waals surface area contributed by atoms with Gasteiger partial charge in [-0.3, -0.25) is 4.98 Å². The summed E-state index contributed by atoms with van der Waals surface area (Å²) in [6, 6.07) is 4.01. The molecule has 3 heteroatoms. The Morgan fingerprint density at radius 1 is 1.60 bits per heavy atom. The Morgan fingerprint density at radius 2 is 2.47 bits per heavy atom. The number of aliphatic hydroxyl groups is 1. The average Bonchev–Trinajstić information content (AvgIpc) is 2.74. The summed E-state index contributed by atoms with van der Waals surface area (Å²) >= 11 is 0. The lowest BCUT2D eigenvalue weighted by Crippen LogP contribution is -2.23. The maximum absolute atomic E-state index is 9.95. The molecule has 2 unspecified atom stereocenters. The molecule has 1 N–H and O–H groups in total. The minimum atomic E-state index is -0.317. The van der Waals surface area contributed by atoms with Crippen LogP contribution in [-0.4, -0.2) is 29.4 Å². The van der Waals surface area contributed by atoms with Gasteiger partial charge in [-0.2, -0.15) is 0 Å². The van der Waals surface area contributed by atoms with Crippen LogP contribution in [0.2, 0.25) is 0 Å². The molecular formula is C12H17NO2. The maximum atomic E-state index is 9.95. The highest BCUT2D eigenvalue weighted by Gasteiger charge is 2.24. The van der Waals surface area contributed by atoms with E-state index in [1.165, 1.54) is 0 Å². The van der Waals surface area contributed by atoms with E-state index in [4.69, 9.17) is 4.74 Å². The van der Waals surface area contributed by atoms with Crippen molar-refractivity contribution in [1.82, 2.24) is 4.98 Å². The smallest absolute Gasteiger partial charge is 0.0646 e. The van der Waals surface area contributed by atoms with Gasteiger partial charge in [-0.05, 0) is 25.0 Å². The van der Waals surface area contributed by atoms with Crippen molar-refractivity contribution in [2.75, 3.05) is 13.2 Å². The highest BCUT2D eigenvalue weighted by molar-refractivity contribution is 5.12. The van der Waals surface area contributed by atoms with Crippen LogP contribution in [0.1, 0.15) is 17.7 Å². The second-order valence-electron chi connectivity index (χ2n) is 4.22. The monoisotopic (exact) mass is 207 g/mol. The molecule has 1 fully saturated rings. The number of aromatic nitrogens is 1. The summed E-state index contributed by atoms with van der Waals surface area (Å²) in [6.07, 6.45) is 3.12. The first-order valence-electron chi connectivity index (χ1n) is 5.43. The van der Waals surface area contributed by atoms with E-state index in [2.05, 4.69) is 4.98 Å². The Hall–Kier alpha value is -0.930. The van der Waals surface area contributed by atoms with Gasteiger partial charge in [0.1, 0.15) is 0 Å². The number of rotatable bonds is 3. The topological polar surface area (TPSA) is 42.4 Å². The Labute approximate surface area is 90.1 Å². The van der Waals surface area contributed by atoms with Gasteiger partial charge in [0.25, 0.3) is 0 Å². The number of pyridine rings is 1. The summed E-state index contributed by atoms with van der Waals surface area (Å²) in [6.45, 7) is 3.48. The largest absolute Gasteiger partial charge is 0.392 e. The van der Waals surface area contributed by atoms with Crippen LogP contribution in [0.3, 0.4) is 0 Å². The van der Waals surface area contributed by atoms with Crippen LogP contribution >= 0.6 is 0 Å². The van der Waals surface area contributed by atoms with Gasteiger partial charge in [0.15, 0.2) is 0 Å². The van der Waals surface area contributed by atoms with Gasteiger partial charge >= 0.3 is 0 Å². The quantitative estimate of drug-likeness (QED) is 0.813. The number of aryl methyl sites for hydroxylation is 1. The summed E-state index contributed by atoms with van der Waals surface area (Å²) in [4.78, 5) is 4.29. The molecule has 0 spiro atoms. The number of hydrogen-bond acceptors (Lipinski definition) is 3. The standard InChI is InChI=1S/C12H17NO2/c1-9-2-3-11(13-7-9)6-12(14)10-4-5-15-8-10/h2-3,7,10,12,14H,4-6,8H2,1H3. The first-order chi connectivity index (χ1) is 7.25. The fourth-order valence-electron chi connectivity index (χ4n) is 1.86. The molecule has 1 aliphatic rings. The van der Waals surface area contributed by atoms with Crippen molar-refractivity contribution in [3.8, 4) is 0 Å². The zero-order valence-electron chi connectivity index (χ0n) is 9.02. The third-order valence-electron chi connectivity index (χ3n) is 2.90. The van der Waals surface area contributed by atoms with Gasteiger partial charge in [0, 0.05) is 30.8 Å². The highest BCUT2D eigenvalue weighted by Crippen LogP contribution is 2.19. The molecule has 15 heavy (non-hydrogen) atoms. The normalized spacial score (nSPS) is 22.9. The Kier molecular flexibility index (Phi) is 3.34. The van der Waals surface area contributed by atoms with Crippen molar-refractivity contribution >= 4 is 0 Å². The fraction of sp³-hybridized carbons (Fsp3) is 0.583. The number of aliphatic hydroxyl groups excluding tert-OH is 1. The zero-order chi connectivity index (χ0) is 10.7. The van der Waals surface area contributed by atoms with Crippen molar-refractivity contribution in [1.29, 1.82) is 0 Å². The van der Waals surface area contributed by atoms with E-state index < -0.39 is 0 Å². The van der Waals surface area contributed by atoms with Crippen molar-refractivity contribution < 1.29 is 9.84 Å². The number of hydrogen-bond donors (Lipinski definition) is 1. The second kappa shape index (κ2) is 4.73. The summed E-state index contributed by atoms with van der Waals surface area (Å²) in [5, 5.41) is 9.95. The summed E-state index contributed by atoms with van der Waals surface area (Å²) < 4.78 is 5.25. The molecule has 0 aromatic carbocycles. The first-order valence-corrected chi connectivity index (χ1v) is 5.43. The van der Waals surface area contributed by atoms with E-state index in [-0.39, 0.29) is 12.0 Å². The van der Waals surface area contributed by atoms with Crippen LogP contribution in [-0.2, 0) is 11.2 Å². The van der Waals surface area contributed by atoms with Crippen molar-refractivity contribution in [2.24, 2.45) is 5.92 Å². The molecule has 2 heterocycles. The third kappa shape index (κ3) is 2.76. The molecule has 1 aliphatic heterocycles. The van der Waals surface area contributed by atoms with Gasteiger partial charge < -0.3 is 9.84 Å². The first kappa shape index (κ1) is 10.6. The van der Waals surface area contributed by atoms with Crippen LogP contribution in [0.4, 0.5) is 0 Å². The maximum Gasteiger partial charge on any atom is 0.0646 e. The molecule has 3 nitrogen and oxygen atoms in total. The summed E-state index contributed by atoms with van der Waals surface area (Å²) in [7, 11) is 0. The fourth-order valence-corrected chi connectivity index (χ4v) is 1.86. The van der Waals surface area contributed by atoms with E-state index in [9.17, 15) is 5.11 Å². The van der Waals surface area contributed by atoms with Crippen molar-refractivity contribution in [3.05, 3.63) is 29.6 Å². The molecule has 0 bridgehead atoms. The Bertz CT molecular complexity index is 304. The summed E-state index contributed by atoms with van der Waals surface area (Å²) in [5.41, 5.74) is 2.11. The van der Waals surface area contributed by atoms with Crippen molar-refractivity contribution in [2.45, 2.75) is 25.9 Å². The predicted octanol–water partition coefficient (Wildman–Crippen LogP) is 1.33. The second-order valence-corrected chi connectivity index (χ2v) is 4.22. The van der Waals surface area contributed by atoms with E-state index in [0.717, 1.165) is 24.3 Å². The van der Waals surface area contributed by atoms with Gasteiger partial charge in [0.2, 0.25) is 0 Å². The van der Waals surface area contributed by atoms with Gasteiger partial charge in [-0.1, -0.05) is 6.07 Å². The van der Waals surface area contributed by atoms with Crippen LogP contribution in [0.25, 0.3) is 0 Å². The lowest BCUT2D eigenvalue weighted by Gasteiger charge is -2.15. The average molecular weight is 207 g/mol. The van der Waals surface area contributed by atoms with Gasteiger partial charge in [-0.25, -0.2) is 0 Å². The van der Waals surface area contributed by atoms with Gasteiger partial charge in [-0.15, -0.1) is 0 Å². The van der Waals surface area contributed by atoms with Crippen molar-refractivity contribution in [3.63, 3.8) is 0 Å². The Morgan fingerprint density at radius 3 is 3.07 bits per heavy atom. The van der Waals surface area contributed by atoms with Crippen LogP contribution in [0, 0.1) is 12.8 Å². The summed E-state index contributed by atoms with van der Waals surface area (Å²) in [5.74, 6) is 0.285. The number of nitrogens with zero attached hydrogens (tertiary/aromatic N) is 1. The molecule has 1 aromatic rings. The van der Waals surface area contributed by atoms with E-state index >= 15 is 0 Å². The molecule has 0 saturated carbocycles. The lowest BCUT2D eigenvalue weighted by atomic mass is 9.97. The molecule has 0 amide bonds. The minimum Gasteiger partial charge on any atom is -0.392 e.